The average Bonchev–Trinajstić information content (AvgIpc) is 3.10. The van der Waals surface area contributed by atoms with Crippen LogP contribution in [0.2, 0.25) is 0 Å². The molecule has 0 saturated heterocycles. The highest BCUT2D eigenvalue weighted by Crippen LogP contribution is 2.39. The van der Waals surface area contributed by atoms with Gasteiger partial charge in [0.05, 0.1) is 0 Å². The average molecular weight is 356 g/mol. The lowest BCUT2D eigenvalue weighted by atomic mass is 9.70. The zero-order valence-electron chi connectivity index (χ0n) is 15.7. The smallest absolute Gasteiger partial charge is 0.253 e. The van der Waals surface area contributed by atoms with Crippen LogP contribution in [0.4, 0.5) is 0 Å². The number of rotatable bonds is 6. The number of imide groups is 1. The molecule has 0 spiro atoms. The van der Waals surface area contributed by atoms with Gasteiger partial charge in [-0.05, 0) is 49.0 Å². The van der Waals surface area contributed by atoms with E-state index >= 15 is 0 Å². The summed E-state index contributed by atoms with van der Waals surface area (Å²) in [5.41, 5.74) is 0.774. The zero-order chi connectivity index (χ0) is 18.8. The molecule has 0 aromatic carbocycles. The molecular formula is C21H28N2O3. The number of nitrogens with zero attached hydrogens (tertiary/aromatic N) is 2. The van der Waals surface area contributed by atoms with Crippen LogP contribution in [0, 0.1) is 23.7 Å². The normalized spacial score (nSPS) is 30.0. The van der Waals surface area contributed by atoms with Crippen molar-refractivity contribution >= 4 is 17.7 Å². The quantitative estimate of drug-likeness (QED) is 0.688. The molecule has 0 aromatic rings. The maximum Gasteiger partial charge on any atom is 0.253 e. The van der Waals surface area contributed by atoms with Gasteiger partial charge in [0.15, 0.2) is 0 Å². The van der Waals surface area contributed by atoms with E-state index in [0.717, 1.165) is 25.0 Å². The van der Waals surface area contributed by atoms with Crippen LogP contribution in [0.15, 0.2) is 36.6 Å². The van der Waals surface area contributed by atoms with E-state index in [9.17, 15) is 14.4 Å². The molecule has 0 bridgehead atoms. The second-order valence-corrected chi connectivity index (χ2v) is 8.01. The zero-order valence-corrected chi connectivity index (χ0v) is 15.7. The van der Waals surface area contributed by atoms with Crippen molar-refractivity contribution in [2.24, 2.45) is 23.7 Å². The van der Waals surface area contributed by atoms with Gasteiger partial charge in [-0.3, -0.25) is 19.3 Å². The van der Waals surface area contributed by atoms with Crippen molar-refractivity contribution in [3.63, 3.8) is 0 Å². The number of allylic oxidation sites excluding steroid dienone is 1. The number of hydrogen-bond donors (Lipinski definition) is 0. The minimum absolute atomic E-state index is 0.0240. The van der Waals surface area contributed by atoms with Gasteiger partial charge in [0.1, 0.15) is 0 Å². The van der Waals surface area contributed by atoms with Crippen molar-refractivity contribution < 1.29 is 14.4 Å². The van der Waals surface area contributed by atoms with Gasteiger partial charge in [-0.25, -0.2) is 0 Å². The third-order valence-electron chi connectivity index (χ3n) is 6.36. The summed E-state index contributed by atoms with van der Waals surface area (Å²) in [6.07, 6.45) is 10.3. The van der Waals surface area contributed by atoms with Gasteiger partial charge in [0.25, 0.3) is 17.7 Å². The fourth-order valence-electron chi connectivity index (χ4n) is 4.38. The molecule has 5 heteroatoms. The lowest BCUT2D eigenvalue weighted by molar-refractivity contribution is -0.138. The molecule has 1 aliphatic carbocycles. The summed E-state index contributed by atoms with van der Waals surface area (Å²) in [5.74, 6) is 1.59. The molecular weight excluding hydrogens is 328 g/mol. The van der Waals surface area contributed by atoms with Gasteiger partial charge >= 0.3 is 0 Å². The number of carbonyl (C=O) groups is 3. The molecule has 0 aromatic heterocycles. The first kappa shape index (κ1) is 18.6. The van der Waals surface area contributed by atoms with Crippen LogP contribution >= 0.6 is 0 Å². The highest BCUT2D eigenvalue weighted by atomic mass is 16.2. The highest BCUT2D eigenvalue weighted by molar-refractivity contribution is 6.12. The maximum atomic E-state index is 11.9. The Morgan fingerprint density at radius 1 is 1.04 bits per heavy atom. The number of carbonyl (C=O) groups excluding carboxylic acids is 3. The number of amides is 3. The first-order chi connectivity index (χ1) is 12.4. The third-order valence-corrected chi connectivity index (χ3v) is 6.36. The summed E-state index contributed by atoms with van der Waals surface area (Å²) in [7, 11) is 0. The molecule has 0 N–H and O–H groups in total. The van der Waals surface area contributed by atoms with E-state index in [1.54, 1.807) is 17.1 Å². The summed E-state index contributed by atoms with van der Waals surface area (Å²) in [5, 5.41) is 0. The molecule has 2 aliphatic heterocycles. The van der Waals surface area contributed by atoms with Crippen LogP contribution < -0.4 is 0 Å². The van der Waals surface area contributed by atoms with Crippen molar-refractivity contribution in [1.82, 2.24) is 9.80 Å². The number of hydrogen-bond acceptors (Lipinski definition) is 3. The van der Waals surface area contributed by atoms with Crippen LogP contribution in [-0.2, 0) is 14.4 Å². The summed E-state index contributed by atoms with van der Waals surface area (Å²) in [4.78, 5) is 38.7. The monoisotopic (exact) mass is 356 g/mol. The Balaban J connectivity index is 1.53. The molecule has 3 aliphatic rings. The Morgan fingerprint density at radius 3 is 2.27 bits per heavy atom. The predicted molar refractivity (Wildman–Crippen MR) is 99.6 cm³/mol. The van der Waals surface area contributed by atoms with E-state index in [4.69, 9.17) is 0 Å². The topological polar surface area (TPSA) is 57.7 Å². The van der Waals surface area contributed by atoms with Crippen molar-refractivity contribution in [2.75, 3.05) is 13.1 Å². The predicted octanol–water partition coefficient (Wildman–Crippen LogP) is 2.90. The molecule has 26 heavy (non-hydrogen) atoms. The minimum Gasteiger partial charge on any atom is -0.309 e. The standard InChI is InChI=1S/C21H28N2O3/c1-14-4-6-17(12-18(14)13-23-20(25)8-9-21(23)26)15(2)10-11-22-16(3)5-7-19(22)24/h5,7-9,14-15,17-18H,3-4,6,10-13H2,1-2H3. The summed E-state index contributed by atoms with van der Waals surface area (Å²) < 4.78 is 0. The highest BCUT2D eigenvalue weighted by Gasteiger charge is 2.35. The summed E-state index contributed by atoms with van der Waals surface area (Å²) in [6, 6.07) is 0. The second kappa shape index (κ2) is 7.60. The molecule has 2 heterocycles. The second-order valence-electron chi connectivity index (χ2n) is 8.01. The van der Waals surface area contributed by atoms with Crippen LogP contribution in [0.3, 0.4) is 0 Å². The Labute approximate surface area is 155 Å². The lowest BCUT2D eigenvalue weighted by Crippen LogP contribution is -2.40. The summed E-state index contributed by atoms with van der Waals surface area (Å²) in [6.45, 7) is 9.62. The van der Waals surface area contributed by atoms with Crippen molar-refractivity contribution in [2.45, 2.75) is 39.5 Å². The Hall–Kier alpha value is -2.17. The first-order valence-electron chi connectivity index (χ1n) is 9.59. The third kappa shape index (κ3) is 3.81. The molecule has 3 rings (SSSR count). The fourth-order valence-corrected chi connectivity index (χ4v) is 4.38. The van der Waals surface area contributed by atoms with Gasteiger partial charge in [0, 0.05) is 37.0 Å². The van der Waals surface area contributed by atoms with E-state index in [1.165, 1.54) is 23.5 Å². The van der Waals surface area contributed by atoms with Gasteiger partial charge in [0.2, 0.25) is 0 Å². The molecule has 5 nitrogen and oxygen atoms in total. The minimum atomic E-state index is -0.184. The maximum absolute atomic E-state index is 11.9. The van der Waals surface area contributed by atoms with E-state index in [0.29, 0.717) is 36.8 Å². The molecule has 3 amide bonds. The van der Waals surface area contributed by atoms with E-state index in [-0.39, 0.29) is 17.7 Å². The molecule has 4 atom stereocenters. The summed E-state index contributed by atoms with van der Waals surface area (Å²) >= 11 is 0. The lowest BCUT2D eigenvalue weighted by Gasteiger charge is -2.38. The van der Waals surface area contributed by atoms with Crippen molar-refractivity contribution in [3.8, 4) is 0 Å². The Morgan fingerprint density at radius 2 is 1.65 bits per heavy atom. The molecule has 140 valence electrons. The van der Waals surface area contributed by atoms with E-state index in [1.807, 2.05) is 0 Å². The first-order valence-corrected chi connectivity index (χ1v) is 9.59. The van der Waals surface area contributed by atoms with Crippen molar-refractivity contribution in [1.29, 1.82) is 0 Å². The molecule has 1 fully saturated rings. The van der Waals surface area contributed by atoms with Crippen LogP contribution in [0.1, 0.15) is 39.5 Å². The van der Waals surface area contributed by atoms with Gasteiger partial charge < -0.3 is 4.90 Å². The Kier molecular flexibility index (Phi) is 5.44. The van der Waals surface area contributed by atoms with Crippen molar-refractivity contribution in [3.05, 3.63) is 36.6 Å². The largest absolute Gasteiger partial charge is 0.309 e. The van der Waals surface area contributed by atoms with Crippen LogP contribution in [-0.4, -0.2) is 40.6 Å². The van der Waals surface area contributed by atoms with Crippen LogP contribution in [0.5, 0.6) is 0 Å². The molecule has 4 unspecified atom stereocenters. The molecule has 1 saturated carbocycles. The van der Waals surface area contributed by atoms with E-state index < -0.39 is 0 Å². The SMILES string of the molecule is C=C1C=CC(=O)N1CCC(C)C1CCC(C)C(CN2C(=O)C=CC2=O)C1. The molecule has 0 radical (unpaired) electrons. The van der Waals surface area contributed by atoms with Gasteiger partial charge in [-0.1, -0.05) is 26.8 Å². The Bertz CT molecular complexity index is 643. The van der Waals surface area contributed by atoms with E-state index in [2.05, 4.69) is 20.4 Å². The fraction of sp³-hybridized carbons (Fsp3) is 0.571. The van der Waals surface area contributed by atoms with Gasteiger partial charge in [-0.15, -0.1) is 0 Å². The van der Waals surface area contributed by atoms with Gasteiger partial charge in [-0.2, -0.15) is 0 Å². The van der Waals surface area contributed by atoms with Crippen LogP contribution in [0.25, 0.3) is 0 Å².